The van der Waals surface area contributed by atoms with Gasteiger partial charge in [0.2, 0.25) is 0 Å². The third kappa shape index (κ3) is 4.14. The summed E-state index contributed by atoms with van der Waals surface area (Å²) in [5.74, 6) is 1.14. The van der Waals surface area contributed by atoms with Crippen LogP contribution < -0.4 is 5.32 Å². The highest BCUT2D eigenvalue weighted by Crippen LogP contribution is 2.31. The van der Waals surface area contributed by atoms with E-state index in [1.807, 2.05) is 11.8 Å². The summed E-state index contributed by atoms with van der Waals surface area (Å²) in [6.45, 7) is 6.45. The number of hydrogen-bond donors (Lipinski definition) is 1. The molecule has 0 saturated carbocycles. The third-order valence-corrected chi connectivity index (χ3v) is 4.56. The molecule has 18 heavy (non-hydrogen) atoms. The van der Waals surface area contributed by atoms with Crippen molar-refractivity contribution in [2.75, 3.05) is 38.7 Å². The second-order valence-electron chi connectivity index (χ2n) is 4.96. The molecule has 0 atom stereocenters. The van der Waals surface area contributed by atoms with Gasteiger partial charge in [-0.1, -0.05) is 18.7 Å². The Hall–Kier alpha value is -0.260. The van der Waals surface area contributed by atoms with Gasteiger partial charge in [0.05, 0.1) is 5.54 Å². The van der Waals surface area contributed by atoms with E-state index in [2.05, 4.69) is 17.2 Å². The van der Waals surface area contributed by atoms with Crippen molar-refractivity contribution >= 4 is 16.9 Å². The number of rotatable bonds is 6. The van der Waals surface area contributed by atoms with Crippen molar-refractivity contribution in [1.29, 1.82) is 0 Å². The molecule has 0 aliphatic carbocycles. The zero-order chi connectivity index (χ0) is 12.7. The van der Waals surface area contributed by atoms with E-state index in [0.29, 0.717) is 0 Å². The van der Waals surface area contributed by atoms with Crippen molar-refractivity contribution in [1.82, 2.24) is 5.32 Å². The van der Waals surface area contributed by atoms with E-state index in [0.717, 1.165) is 69.6 Å². The maximum atomic E-state index is 5.44. The molecule has 104 valence electrons. The van der Waals surface area contributed by atoms with E-state index < -0.39 is 0 Å². The SMILES string of the molecule is CCCOCCCN=C1NC2(CCOCC2)CS1. The number of amidine groups is 1. The van der Waals surface area contributed by atoms with Gasteiger partial charge >= 0.3 is 0 Å². The van der Waals surface area contributed by atoms with Crippen LogP contribution in [0.25, 0.3) is 0 Å². The molecule has 0 unspecified atom stereocenters. The first-order chi connectivity index (χ1) is 8.85. The van der Waals surface area contributed by atoms with E-state index >= 15 is 0 Å². The summed E-state index contributed by atoms with van der Waals surface area (Å²) in [4.78, 5) is 4.62. The summed E-state index contributed by atoms with van der Waals surface area (Å²) in [7, 11) is 0. The highest BCUT2D eigenvalue weighted by molar-refractivity contribution is 8.14. The van der Waals surface area contributed by atoms with Crippen LogP contribution in [0.15, 0.2) is 4.99 Å². The molecule has 2 rings (SSSR count). The second kappa shape index (κ2) is 7.36. The molecule has 1 N–H and O–H groups in total. The molecule has 4 nitrogen and oxygen atoms in total. The van der Waals surface area contributed by atoms with Gasteiger partial charge in [-0.25, -0.2) is 0 Å². The molecule has 2 aliphatic rings. The van der Waals surface area contributed by atoms with Gasteiger partial charge in [-0.05, 0) is 25.7 Å². The molecular weight excluding hydrogens is 248 g/mol. The summed E-state index contributed by atoms with van der Waals surface area (Å²) < 4.78 is 10.9. The Balaban J connectivity index is 1.65. The Morgan fingerprint density at radius 3 is 3.00 bits per heavy atom. The second-order valence-corrected chi connectivity index (χ2v) is 5.92. The smallest absolute Gasteiger partial charge is 0.157 e. The summed E-state index contributed by atoms with van der Waals surface area (Å²) >= 11 is 1.86. The first-order valence-electron chi connectivity index (χ1n) is 6.96. The van der Waals surface area contributed by atoms with Crippen LogP contribution in [0.5, 0.6) is 0 Å². The molecule has 2 fully saturated rings. The van der Waals surface area contributed by atoms with Crippen LogP contribution >= 0.6 is 11.8 Å². The average molecular weight is 272 g/mol. The standard InChI is InChI=1S/C13H24N2O2S/c1-2-7-16-8-3-6-14-12-15-13(11-18-12)4-9-17-10-5-13/h2-11H2,1H3,(H,14,15). The van der Waals surface area contributed by atoms with E-state index in [-0.39, 0.29) is 5.54 Å². The van der Waals surface area contributed by atoms with Crippen LogP contribution in [0.3, 0.4) is 0 Å². The topological polar surface area (TPSA) is 42.8 Å². The van der Waals surface area contributed by atoms with Crippen LogP contribution in [0.2, 0.25) is 0 Å². The minimum atomic E-state index is 0.264. The summed E-state index contributed by atoms with van der Waals surface area (Å²) in [6.07, 6.45) is 4.33. The van der Waals surface area contributed by atoms with Crippen LogP contribution in [-0.4, -0.2) is 49.4 Å². The maximum absolute atomic E-state index is 5.44. The zero-order valence-corrected chi connectivity index (χ0v) is 12.1. The minimum Gasteiger partial charge on any atom is -0.381 e. The van der Waals surface area contributed by atoms with Gasteiger partial charge in [0, 0.05) is 38.7 Å². The lowest BCUT2D eigenvalue weighted by Crippen LogP contribution is -2.48. The maximum Gasteiger partial charge on any atom is 0.157 e. The minimum absolute atomic E-state index is 0.264. The highest BCUT2D eigenvalue weighted by atomic mass is 32.2. The number of aliphatic imine (C=N–C) groups is 1. The molecule has 0 aromatic rings. The number of ether oxygens (including phenoxy) is 2. The number of hydrogen-bond acceptors (Lipinski definition) is 4. The van der Waals surface area contributed by atoms with Crippen LogP contribution in [-0.2, 0) is 9.47 Å². The Kier molecular flexibility index (Phi) is 5.79. The molecule has 0 aromatic heterocycles. The van der Waals surface area contributed by atoms with E-state index in [1.165, 1.54) is 0 Å². The van der Waals surface area contributed by atoms with Gasteiger partial charge < -0.3 is 14.8 Å². The summed E-state index contributed by atoms with van der Waals surface area (Å²) in [5.41, 5.74) is 0.264. The highest BCUT2D eigenvalue weighted by Gasteiger charge is 2.38. The summed E-state index contributed by atoms with van der Waals surface area (Å²) in [5, 5.41) is 4.72. The van der Waals surface area contributed by atoms with Crippen molar-refractivity contribution in [2.24, 2.45) is 4.99 Å². The number of nitrogens with one attached hydrogen (secondary N) is 1. The molecule has 2 saturated heterocycles. The third-order valence-electron chi connectivity index (χ3n) is 3.36. The lowest BCUT2D eigenvalue weighted by molar-refractivity contribution is 0.0555. The predicted octanol–water partition coefficient (Wildman–Crippen LogP) is 2.04. The largest absolute Gasteiger partial charge is 0.381 e. The zero-order valence-electron chi connectivity index (χ0n) is 11.2. The Bertz CT molecular complexity index is 278. The molecule has 5 heteroatoms. The van der Waals surface area contributed by atoms with Crippen molar-refractivity contribution < 1.29 is 9.47 Å². The van der Waals surface area contributed by atoms with Gasteiger partial charge in [-0.15, -0.1) is 0 Å². The predicted molar refractivity (Wildman–Crippen MR) is 76.4 cm³/mol. The molecule has 0 aromatic carbocycles. The van der Waals surface area contributed by atoms with Crippen LogP contribution in [0.1, 0.15) is 32.6 Å². The number of nitrogens with zero attached hydrogens (tertiary/aromatic N) is 1. The summed E-state index contributed by atoms with van der Waals surface area (Å²) in [6, 6.07) is 0. The monoisotopic (exact) mass is 272 g/mol. The first kappa shape index (κ1) is 14.2. The Labute approximate surface area is 114 Å². The molecule has 0 radical (unpaired) electrons. The van der Waals surface area contributed by atoms with E-state index in [4.69, 9.17) is 9.47 Å². The van der Waals surface area contributed by atoms with Crippen LogP contribution in [0.4, 0.5) is 0 Å². The van der Waals surface area contributed by atoms with Crippen LogP contribution in [0, 0.1) is 0 Å². The fraction of sp³-hybridized carbons (Fsp3) is 0.923. The van der Waals surface area contributed by atoms with Crippen molar-refractivity contribution in [3.05, 3.63) is 0 Å². The lowest BCUT2D eigenvalue weighted by Gasteiger charge is -2.32. The van der Waals surface area contributed by atoms with Crippen molar-refractivity contribution in [3.63, 3.8) is 0 Å². The average Bonchev–Trinajstić information content (AvgIpc) is 2.78. The first-order valence-corrected chi connectivity index (χ1v) is 7.94. The van der Waals surface area contributed by atoms with Gasteiger partial charge in [0.1, 0.15) is 0 Å². The lowest BCUT2D eigenvalue weighted by atomic mass is 9.93. The molecule has 0 bridgehead atoms. The normalized spacial score (nSPS) is 24.6. The van der Waals surface area contributed by atoms with Crippen molar-refractivity contribution in [2.45, 2.75) is 38.1 Å². The van der Waals surface area contributed by atoms with Gasteiger partial charge in [-0.3, -0.25) is 4.99 Å². The quantitative estimate of drug-likeness (QED) is 0.752. The molecular formula is C13H24N2O2S. The van der Waals surface area contributed by atoms with E-state index in [9.17, 15) is 0 Å². The Morgan fingerprint density at radius 1 is 1.39 bits per heavy atom. The van der Waals surface area contributed by atoms with Gasteiger partial charge in [0.25, 0.3) is 0 Å². The van der Waals surface area contributed by atoms with E-state index in [1.54, 1.807) is 0 Å². The van der Waals surface area contributed by atoms with Crippen molar-refractivity contribution in [3.8, 4) is 0 Å². The molecule has 1 spiro atoms. The molecule has 0 amide bonds. The molecule has 2 heterocycles. The van der Waals surface area contributed by atoms with Gasteiger partial charge in [0.15, 0.2) is 5.17 Å². The molecule has 2 aliphatic heterocycles. The fourth-order valence-corrected chi connectivity index (χ4v) is 3.46. The Morgan fingerprint density at radius 2 is 2.22 bits per heavy atom. The number of thioether (sulfide) groups is 1. The van der Waals surface area contributed by atoms with Gasteiger partial charge in [-0.2, -0.15) is 0 Å². The fourth-order valence-electron chi connectivity index (χ4n) is 2.22.